The number of carboxylic acids is 1. The van der Waals surface area contributed by atoms with E-state index in [9.17, 15) is 20.1 Å². The summed E-state index contributed by atoms with van der Waals surface area (Å²) in [4.78, 5) is 11.1. The molecular weight excluding hydrogens is 368 g/mol. The Labute approximate surface area is 174 Å². The first-order chi connectivity index (χ1) is 13.6. The van der Waals surface area contributed by atoms with Crippen molar-refractivity contribution >= 4 is 5.97 Å². The van der Waals surface area contributed by atoms with E-state index >= 15 is 0 Å². The Kier molecular flexibility index (Phi) is 5.57. The van der Waals surface area contributed by atoms with E-state index in [1.165, 1.54) is 0 Å². The molecule has 4 N–H and O–H groups in total. The second-order valence-corrected chi connectivity index (χ2v) is 11.4. The van der Waals surface area contributed by atoms with Crippen LogP contribution in [0.4, 0.5) is 0 Å². The minimum Gasteiger partial charge on any atom is -0.481 e. The second-order valence-electron chi connectivity index (χ2n) is 11.4. The van der Waals surface area contributed by atoms with Crippen molar-refractivity contribution in [3.63, 3.8) is 0 Å². The van der Waals surface area contributed by atoms with Gasteiger partial charge in [-0.2, -0.15) is 0 Å². The van der Waals surface area contributed by atoms with Gasteiger partial charge in [-0.05, 0) is 97.7 Å². The molecule has 11 atom stereocenters. The number of rotatable bonds is 4. The van der Waals surface area contributed by atoms with Crippen LogP contribution in [-0.4, -0.2) is 44.7 Å². The van der Waals surface area contributed by atoms with E-state index in [0.29, 0.717) is 30.1 Å². The van der Waals surface area contributed by atoms with Crippen LogP contribution in [0, 0.1) is 46.3 Å². The molecule has 4 aliphatic carbocycles. The van der Waals surface area contributed by atoms with E-state index in [2.05, 4.69) is 20.8 Å². The maximum Gasteiger partial charge on any atom is 0.303 e. The lowest BCUT2D eigenvalue weighted by molar-refractivity contribution is -0.207. The Morgan fingerprint density at radius 3 is 2.45 bits per heavy atom. The fourth-order valence-corrected chi connectivity index (χ4v) is 8.68. The fraction of sp³-hybridized carbons (Fsp3) is 0.958. The molecule has 4 rings (SSSR count). The van der Waals surface area contributed by atoms with Crippen LogP contribution in [-0.2, 0) is 4.79 Å². The lowest BCUT2D eigenvalue weighted by atomic mass is 9.43. The summed E-state index contributed by atoms with van der Waals surface area (Å²) in [5.74, 6) is 0.997. The summed E-state index contributed by atoms with van der Waals surface area (Å²) in [6.07, 6.45) is 6.00. The highest BCUT2D eigenvalue weighted by atomic mass is 16.4. The van der Waals surface area contributed by atoms with Crippen molar-refractivity contribution in [2.24, 2.45) is 46.3 Å². The number of carboxylic acid groups (broad SMARTS) is 1. The Hall–Kier alpha value is -0.650. The third-order valence-electron chi connectivity index (χ3n) is 10.3. The van der Waals surface area contributed by atoms with Gasteiger partial charge in [-0.3, -0.25) is 4.79 Å². The fourth-order valence-electron chi connectivity index (χ4n) is 8.68. The molecule has 29 heavy (non-hydrogen) atoms. The monoisotopic (exact) mass is 408 g/mol. The lowest BCUT2D eigenvalue weighted by Crippen LogP contribution is -2.62. The van der Waals surface area contributed by atoms with Crippen molar-refractivity contribution in [3.8, 4) is 0 Å². The quantitative estimate of drug-likeness (QED) is 0.571. The molecule has 4 fully saturated rings. The standard InChI is InChI=1S/C24H40O5/c1-13(4-7-21(28)29)16-5-6-17-22-18(12-20(27)24(16,17)3)23(2)9-8-15(25)10-14(23)11-19(22)26/h13-20,22,25-27H,4-12H2,1-3H3,(H,28,29)/t13-,14+,15-,16?,17+,18?,19+,20?,22+,23?,24?/m1/s1. The van der Waals surface area contributed by atoms with Crippen LogP contribution in [0.1, 0.15) is 78.6 Å². The average molecular weight is 409 g/mol. The summed E-state index contributed by atoms with van der Waals surface area (Å²) < 4.78 is 0. The first-order valence-electron chi connectivity index (χ1n) is 11.8. The number of carbonyl (C=O) groups is 1. The molecule has 0 aromatic heterocycles. The predicted molar refractivity (Wildman–Crippen MR) is 110 cm³/mol. The van der Waals surface area contributed by atoms with Crippen LogP contribution in [0.2, 0.25) is 0 Å². The molecule has 0 bridgehead atoms. The SMILES string of the molecule is C[C@H](CCC(=O)O)C1CC[C@H]2[C@H]3C(CC(O)C12C)C1(C)CC[C@@H](O)C[C@H]1C[C@@H]3O. The third-order valence-corrected chi connectivity index (χ3v) is 10.3. The van der Waals surface area contributed by atoms with E-state index in [4.69, 9.17) is 5.11 Å². The van der Waals surface area contributed by atoms with Crippen LogP contribution in [0.25, 0.3) is 0 Å². The molecule has 4 aliphatic rings. The van der Waals surface area contributed by atoms with E-state index < -0.39 is 12.1 Å². The second kappa shape index (κ2) is 7.49. The van der Waals surface area contributed by atoms with Gasteiger partial charge in [0.25, 0.3) is 0 Å². The number of hydrogen-bond acceptors (Lipinski definition) is 4. The molecule has 0 saturated heterocycles. The maximum absolute atomic E-state index is 11.5. The molecule has 0 aromatic carbocycles. The molecule has 0 spiro atoms. The smallest absolute Gasteiger partial charge is 0.303 e. The zero-order chi connectivity index (χ0) is 21.1. The molecule has 0 aliphatic heterocycles. The summed E-state index contributed by atoms with van der Waals surface area (Å²) in [5, 5.41) is 42.0. The van der Waals surface area contributed by atoms with Gasteiger partial charge in [0.2, 0.25) is 0 Å². The topological polar surface area (TPSA) is 98.0 Å². The predicted octanol–water partition coefficient (Wildman–Crippen LogP) is 3.45. The van der Waals surface area contributed by atoms with Crippen LogP contribution < -0.4 is 0 Å². The molecule has 5 nitrogen and oxygen atoms in total. The lowest BCUT2D eigenvalue weighted by Gasteiger charge is -2.63. The Balaban J connectivity index is 1.61. The molecular formula is C24H40O5. The van der Waals surface area contributed by atoms with Crippen LogP contribution in [0.5, 0.6) is 0 Å². The highest BCUT2D eigenvalue weighted by Gasteiger charge is 2.65. The largest absolute Gasteiger partial charge is 0.481 e. The van der Waals surface area contributed by atoms with Crippen LogP contribution >= 0.6 is 0 Å². The molecule has 5 heteroatoms. The van der Waals surface area contributed by atoms with Crippen LogP contribution in [0.3, 0.4) is 0 Å². The first kappa shape index (κ1) is 21.6. The summed E-state index contributed by atoms with van der Waals surface area (Å²) in [5.41, 5.74) is -0.143. The van der Waals surface area contributed by atoms with Crippen molar-refractivity contribution in [1.29, 1.82) is 0 Å². The van der Waals surface area contributed by atoms with Gasteiger partial charge < -0.3 is 20.4 Å². The number of aliphatic hydroxyl groups excluding tert-OH is 3. The number of hydrogen-bond donors (Lipinski definition) is 4. The Morgan fingerprint density at radius 2 is 1.76 bits per heavy atom. The van der Waals surface area contributed by atoms with Crippen molar-refractivity contribution in [3.05, 3.63) is 0 Å². The van der Waals surface area contributed by atoms with Crippen molar-refractivity contribution in [2.45, 2.75) is 96.9 Å². The van der Waals surface area contributed by atoms with Gasteiger partial charge in [-0.25, -0.2) is 0 Å². The van der Waals surface area contributed by atoms with Gasteiger partial charge in [-0.1, -0.05) is 20.8 Å². The van der Waals surface area contributed by atoms with Gasteiger partial charge in [0.05, 0.1) is 18.3 Å². The normalized spacial score (nSPS) is 52.9. The zero-order valence-electron chi connectivity index (χ0n) is 18.3. The molecule has 0 amide bonds. The molecule has 166 valence electrons. The Morgan fingerprint density at radius 1 is 1.03 bits per heavy atom. The van der Waals surface area contributed by atoms with E-state index in [-0.39, 0.29) is 41.3 Å². The molecule has 0 heterocycles. The maximum atomic E-state index is 11.5. The van der Waals surface area contributed by atoms with Gasteiger partial charge in [0.15, 0.2) is 0 Å². The van der Waals surface area contributed by atoms with Gasteiger partial charge >= 0.3 is 5.97 Å². The minimum absolute atomic E-state index is 0.0957. The van der Waals surface area contributed by atoms with Crippen molar-refractivity contribution in [2.75, 3.05) is 0 Å². The molecule has 5 unspecified atom stereocenters. The minimum atomic E-state index is -0.748. The number of aliphatic carboxylic acids is 1. The summed E-state index contributed by atoms with van der Waals surface area (Å²) in [6, 6.07) is 0. The van der Waals surface area contributed by atoms with Crippen LogP contribution in [0.15, 0.2) is 0 Å². The zero-order valence-corrected chi connectivity index (χ0v) is 18.3. The highest BCUT2D eigenvalue weighted by Crippen LogP contribution is 2.68. The Bertz CT molecular complexity index is 637. The molecule has 4 saturated carbocycles. The van der Waals surface area contributed by atoms with E-state index in [1.54, 1.807) is 0 Å². The van der Waals surface area contributed by atoms with Gasteiger partial charge in [0.1, 0.15) is 0 Å². The average Bonchev–Trinajstić information content (AvgIpc) is 3.01. The summed E-state index contributed by atoms with van der Waals surface area (Å²) in [7, 11) is 0. The first-order valence-corrected chi connectivity index (χ1v) is 11.8. The third kappa shape index (κ3) is 3.27. The molecule has 0 radical (unpaired) electrons. The summed E-state index contributed by atoms with van der Waals surface area (Å²) >= 11 is 0. The van der Waals surface area contributed by atoms with Crippen molar-refractivity contribution in [1.82, 2.24) is 0 Å². The van der Waals surface area contributed by atoms with Gasteiger partial charge in [0, 0.05) is 6.42 Å². The van der Waals surface area contributed by atoms with E-state index in [1.807, 2.05) is 0 Å². The number of aliphatic hydroxyl groups is 3. The van der Waals surface area contributed by atoms with E-state index in [0.717, 1.165) is 44.9 Å². The summed E-state index contributed by atoms with van der Waals surface area (Å²) in [6.45, 7) is 6.72. The van der Waals surface area contributed by atoms with Crippen molar-refractivity contribution < 1.29 is 25.2 Å². The molecule has 0 aromatic rings. The number of fused-ring (bicyclic) bond motifs is 5. The highest BCUT2D eigenvalue weighted by molar-refractivity contribution is 5.66. The van der Waals surface area contributed by atoms with Gasteiger partial charge in [-0.15, -0.1) is 0 Å².